The molecule has 3 rings (SSSR count). The van der Waals surface area contributed by atoms with E-state index in [0.29, 0.717) is 6.04 Å². The van der Waals surface area contributed by atoms with Crippen LogP contribution < -0.4 is 0 Å². The number of morpholine rings is 1. The minimum absolute atomic E-state index is 0.190. The third-order valence-corrected chi connectivity index (χ3v) is 6.74. The van der Waals surface area contributed by atoms with Crippen LogP contribution in [0.2, 0.25) is 0 Å². The van der Waals surface area contributed by atoms with Crippen molar-refractivity contribution in [1.29, 1.82) is 5.41 Å². The largest absolute Gasteiger partial charge is 0.379 e. The molecule has 0 unspecified atom stereocenters. The Morgan fingerprint density at radius 3 is 2.34 bits per heavy atom. The SMILES string of the molecule is COS(=O)(=O)c1ccc(C)cc1.N=C=[N+](CCN1CCOCC1)C1CCCCC1. The quantitative estimate of drug-likeness (QED) is 0.431. The number of hydrogen-bond acceptors (Lipinski definition) is 6. The Kier molecular flexibility index (Phi) is 9.97. The van der Waals surface area contributed by atoms with Gasteiger partial charge in [-0.05, 0) is 44.7 Å². The van der Waals surface area contributed by atoms with Crippen molar-refractivity contribution in [2.75, 3.05) is 46.5 Å². The van der Waals surface area contributed by atoms with Gasteiger partial charge < -0.3 is 4.74 Å². The van der Waals surface area contributed by atoms with Crippen LogP contribution in [0.25, 0.3) is 0 Å². The summed E-state index contributed by atoms with van der Waals surface area (Å²) in [4.78, 5) is 2.62. The summed E-state index contributed by atoms with van der Waals surface area (Å²) in [5.41, 5.74) is 1.02. The maximum absolute atomic E-state index is 11.1. The van der Waals surface area contributed by atoms with E-state index in [2.05, 4.69) is 19.7 Å². The number of aryl methyl sites for hydroxylation is 1. The number of nitrogens with one attached hydrogen (secondary N) is 1. The number of rotatable bonds is 6. The number of benzene rings is 1. The lowest BCUT2D eigenvalue weighted by Crippen LogP contribution is -2.41. The molecule has 1 saturated heterocycles. The Labute approximate surface area is 175 Å². The average molecular weight is 425 g/mol. The van der Waals surface area contributed by atoms with Gasteiger partial charge in [-0.15, -0.1) is 0 Å². The Morgan fingerprint density at radius 2 is 1.79 bits per heavy atom. The molecular formula is C21H34N3O4S+. The summed E-state index contributed by atoms with van der Waals surface area (Å²) in [5, 5.41) is 7.45. The van der Waals surface area contributed by atoms with Gasteiger partial charge in [-0.3, -0.25) is 9.08 Å². The predicted octanol–water partition coefficient (Wildman–Crippen LogP) is 2.75. The van der Waals surface area contributed by atoms with Gasteiger partial charge in [0.15, 0.2) is 0 Å². The standard InChI is InChI=1S/C13H24N3O.C8H10O3S/c14-12-16(13-4-2-1-3-5-13)7-6-15-8-10-17-11-9-15;1-7-3-5-8(6-4-7)12(9,10)11-2/h13-14H,1-11H2;3-6H,1-2H3/q+1;. The first-order valence-electron chi connectivity index (χ1n) is 10.3. The van der Waals surface area contributed by atoms with Crippen LogP contribution >= 0.6 is 0 Å². The normalized spacial score (nSPS) is 18.4. The fourth-order valence-corrected chi connectivity index (χ4v) is 4.26. The summed E-state index contributed by atoms with van der Waals surface area (Å²) in [6, 6.07) is 9.71. The van der Waals surface area contributed by atoms with Crippen LogP contribution in [0.3, 0.4) is 0 Å². The highest BCUT2D eigenvalue weighted by molar-refractivity contribution is 7.86. The van der Waals surface area contributed by atoms with Gasteiger partial charge in [0, 0.05) is 19.6 Å². The second kappa shape index (κ2) is 12.2. The Morgan fingerprint density at radius 1 is 1.17 bits per heavy atom. The van der Waals surface area contributed by atoms with E-state index in [-0.39, 0.29) is 4.90 Å². The zero-order valence-electron chi connectivity index (χ0n) is 17.6. The highest BCUT2D eigenvalue weighted by Crippen LogP contribution is 2.19. The molecule has 1 aromatic carbocycles. The van der Waals surface area contributed by atoms with Crippen molar-refractivity contribution in [3.05, 3.63) is 29.8 Å². The van der Waals surface area contributed by atoms with Crippen LogP contribution in [0, 0.1) is 12.3 Å². The van der Waals surface area contributed by atoms with Gasteiger partial charge in [-0.1, -0.05) is 29.5 Å². The van der Waals surface area contributed by atoms with E-state index >= 15 is 0 Å². The van der Waals surface area contributed by atoms with E-state index in [1.165, 1.54) is 44.2 Å². The van der Waals surface area contributed by atoms with Crippen molar-refractivity contribution in [2.45, 2.75) is 50.0 Å². The van der Waals surface area contributed by atoms with Crippen molar-refractivity contribution >= 4 is 16.1 Å². The molecule has 8 heteroatoms. The van der Waals surface area contributed by atoms with E-state index in [4.69, 9.17) is 10.1 Å². The summed E-state index contributed by atoms with van der Waals surface area (Å²) in [7, 11) is -2.37. The van der Waals surface area contributed by atoms with Crippen molar-refractivity contribution in [1.82, 2.24) is 4.90 Å². The molecule has 29 heavy (non-hydrogen) atoms. The summed E-state index contributed by atoms with van der Waals surface area (Å²) in [6.07, 6.45) is 6.50. The first-order chi connectivity index (χ1) is 14.0. The first kappa shape index (κ1) is 23.7. The lowest BCUT2D eigenvalue weighted by molar-refractivity contribution is -0.564. The van der Waals surface area contributed by atoms with Crippen LogP contribution in [0.4, 0.5) is 0 Å². The van der Waals surface area contributed by atoms with E-state index in [1.807, 2.05) is 6.92 Å². The number of hydrogen-bond donors (Lipinski definition) is 1. The fourth-order valence-electron chi connectivity index (χ4n) is 3.60. The molecule has 0 amide bonds. The highest BCUT2D eigenvalue weighted by atomic mass is 32.2. The average Bonchev–Trinajstić information content (AvgIpc) is 2.76. The van der Waals surface area contributed by atoms with Crippen LogP contribution in [-0.2, 0) is 19.0 Å². The van der Waals surface area contributed by atoms with Gasteiger partial charge in [-0.2, -0.15) is 8.42 Å². The van der Waals surface area contributed by atoms with Gasteiger partial charge in [0.1, 0.15) is 12.6 Å². The molecule has 2 aliphatic rings. The van der Waals surface area contributed by atoms with Crippen LogP contribution in [0.1, 0.15) is 37.7 Å². The molecule has 0 radical (unpaired) electrons. The van der Waals surface area contributed by atoms with Crippen LogP contribution in [0.15, 0.2) is 29.2 Å². The summed E-state index contributed by atoms with van der Waals surface area (Å²) in [5.74, 6) is 0. The summed E-state index contributed by atoms with van der Waals surface area (Å²) >= 11 is 0. The van der Waals surface area contributed by atoms with Gasteiger partial charge in [0.05, 0.1) is 25.2 Å². The molecular weight excluding hydrogens is 390 g/mol. The van der Waals surface area contributed by atoms with Gasteiger partial charge in [-0.25, -0.2) is 4.58 Å². The monoisotopic (exact) mass is 424 g/mol. The van der Waals surface area contributed by atoms with Crippen LogP contribution in [-0.4, -0.2) is 76.4 Å². The molecule has 1 heterocycles. The number of nitrogens with zero attached hydrogens (tertiary/aromatic N) is 2. The maximum Gasteiger partial charge on any atom is 0.304 e. The molecule has 1 N–H and O–H groups in total. The summed E-state index contributed by atoms with van der Waals surface area (Å²) in [6.45, 7) is 7.69. The molecule has 0 aromatic heterocycles. The lowest BCUT2D eigenvalue weighted by atomic mass is 9.95. The Bertz CT molecular complexity index is 762. The maximum atomic E-state index is 11.1. The third-order valence-electron chi connectivity index (χ3n) is 5.45. The van der Waals surface area contributed by atoms with Crippen LogP contribution in [0.5, 0.6) is 0 Å². The van der Waals surface area contributed by atoms with Gasteiger partial charge >= 0.3 is 6.01 Å². The number of ether oxygens (including phenoxy) is 1. The van der Waals surface area contributed by atoms with E-state index < -0.39 is 10.1 Å². The van der Waals surface area contributed by atoms with Gasteiger partial charge in [0.2, 0.25) is 0 Å². The lowest BCUT2D eigenvalue weighted by Gasteiger charge is -2.27. The van der Waals surface area contributed by atoms with E-state index in [0.717, 1.165) is 52.1 Å². The molecule has 1 aliphatic heterocycles. The minimum atomic E-state index is -3.51. The van der Waals surface area contributed by atoms with Crippen molar-refractivity contribution in [2.24, 2.45) is 0 Å². The van der Waals surface area contributed by atoms with E-state index in [9.17, 15) is 8.42 Å². The zero-order valence-corrected chi connectivity index (χ0v) is 18.4. The van der Waals surface area contributed by atoms with Crippen molar-refractivity contribution in [3.63, 3.8) is 0 Å². The molecule has 7 nitrogen and oxygen atoms in total. The molecule has 0 spiro atoms. The second-order valence-electron chi connectivity index (χ2n) is 7.48. The Balaban J connectivity index is 0.000000221. The second-order valence-corrected chi connectivity index (χ2v) is 9.20. The van der Waals surface area contributed by atoms with Crippen molar-refractivity contribution in [3.8, 4) is 0 Å². The van der Waals surface area contributed by atoms with E-state index in [1.54, 1.807) is 12.1 Å². The smallest absolute Gasteiger partial charge is 0.304 e. The highest BCUT2D eigenvalue weighted by Gasteiger charge is 2.21. The molecule has 2 fully saturated rings. The third kappa shape index (κ3) is 7.99. The molecule has 0 atom stereocenters. The van der Waals surface area contributed by atoms with Gasteiger partial charge in [0.25, 0.3) is 10.1 Å². The minimum Gasteiger partial charge on any atom is -0.379 e. The zero-order chi connectivity index (χ0) is 21.1. The topological polar surface area (TPSA) is 82.7 Å². The molecule has 1 aromatic rings. The molecule has 1 aliphatic carbocycles. The fraction of sp³-hybridized carbons (Fsp3) is 0.667. The molecule has 0 bridgehead atoms. The molecule has 1 saturated carbocycles. The predicted molar refractivity (Wildman–Crippen MR) is 112 cm³/mol. The summed E-state index contributed by atoms with van der Waals surface area (Å²) < 4.78 is 34.0. The molecule has 162 valence electrons. The Hall–Kier alpha value is -1.57. The van der Waals surface area contributed by atoms with Crippen molar-refractivity contribution < 1.29 is 21.9 Å². The first-order valence-corrected chi connectivity index (χ1v) is 11.7.